The second kappa shape index (κ2) is 6.53. The third kappa shape index (κ3) is 3.82. The zero-order valence-corrected chi connectivity index (χ0v) is 11.1. The molecule has 7 heteroatoms. The Morgan fingerprint density at radius 2 is 2.15 bits per heavy atom. The Bertz CT molecular complexity index is 573. The number of benzene rings is 1. The van der Waals surface area contributed by atoms with Gasteiger partial charge in [-0.05, 0) is 17.7 Å². The monoisotopic (exact) mass is 282 g/mol. The van der Waals surface area contributed by atoms with Crippen molar-refractivity contribution in [1.29, 1.82) is 0 Å². The van der Waals surface area contributed by atoms with Crippen molar-refractivity contribution >= 4 is 0 Å². The van der Waals surface area contributed by atoms with Crippen molar-refractivity contribution in [3.63, 3.8) is 0 Å². The number of halogens is 2. The molecule has 0 saturated carbocycles. The zero-order valence-electron chi connectivity index (χ0n) is 11.1. The molecule has 1 heterocycles. The molecule has 0 spiro atoms. The first-order chi connectivity index (χ1) is 9.56. The predicted molar refractivity (Wildman–Crippen MR) is 68.9 cm³/mol. The summed E-state index contributed by atoms with van der Waals surface area (Å²) >= 11 is 0. The highest BCUT2D eigenvalue weighted by Crippen LogP contribution is 2.15. The van der Waals surface area contributed by atoms with Crippen molar-refractivity contribution < 1.29 is 13.9 Å². The van der Waals surface area contributed by atoms with Crippen molar-refractivity contribution in [3.05, 3.63) is 47.5 Å². The van der Waals surface area contributed by atoms with Gasteiger partial charge in [0.05, 0.1) is 6.10 Å². The first-order valence-electron chi connectivity index (χ1n) is 6.24. The second-order valence-corrected chi connectivity index (χ2v) is 4.48. The first-order valence-corrected chi connectivity index (χ1v) is 6.24. The Balaban J connectivity index is 1.77. The van der Waals surface area contributed by atoms with Crippen LogP contribution in [-0.2, 0) is 13.5 Å². The maximum Gasteiger partial charge on any atom is 0.159 e. The molecule has 1 aromatic carbocycles. The van der Waals surface area contributed by atoms with E-state index in [4.69, 9.17) is 0 Å². The maximum absolute atomic E-state index is 13.0. The van der Waals surface area contributed by atoms with Gasteiger partial charge in [-0.15, -0.1) is 0 Å². The van der Waals surface area contributed by atoms with Gasteiger partial charge in [-0.2, -0.15) is 5.10 Å². The lowest BCUT2D eigenvalue weighted by Crippen LogP contribution is -2.24. The van der Waals surface area contributed by atoms with E-state index in [2.05, 4.69) is 15.4 Å². The topological polar surface area (TPSA) is 63.0 Å². The van der Waals surface area contributed by atoms with Crippen LogP contribution in [0.2, 0.25) is 0 Å². The predicted octanol–water partition coefficient (Wildman–Crippen LogP) is 0.959. The third-order valence-corrected chi connectivity index (χ3v) is 2.84. The number of aliphatic hydroxyl groups excluding tert-OH is 1. The number of hydrogen-bond acceptors (Lipinski definition) is 4. The van der Waals surface area contributed by atoms with Gasteiger partial charge in [0.2, 0.25) is 0 Å². The maximum atomic E-state index is 13.0. The molecule has 1 atom stereocenters. The molecule has 20 heavy (non-hydrogen) atoms. The Hall–Kier alpha value is -1.86. The van der Waals surface area contributed by atoms with Crippen molar-refractivity contribution in [2.24, 2.45) is 7.05 Å². The number of nitrogens with zero attached hydrogens (tertiary/aromatic N) is 3. The van der Waals surface area contributed by atoms with E-state index in [0.29, 0.717) is 24.4 Å². The Morgan fingerprint density at radius 1 is 1.35 bits per heavy atom. The number of aliphatic hydroxyl groups is 1. The average Bonchev–Trinajstić information content (AvgIpc) is 2.83. The SMILES string of the molecule is Cn1cnc(CCNCC(O)c2ccc(F)c(F)c2)n1. The van der Waals surface area contributed by atoms with E-state index in [1.165, 1.54) is 6.07 Å². The normalized spacial score (nSPS) is 12.6. The molecule has 0 amide bonds. The van der Waals surface area contributed by atoms with Gasteiger partial charge in [0.1, 0.15) is 6.33 Å². The molecule has 0 aliphatic carbocycles. The van der Waals surface area contributed by atoms with Crippen LogP contribution in [-0.4, -0.2) is 33.0 Å². The fourth-order valence-electron chi connectivity index (χ4n) is 1.77. The smallest absolute Gasteiger partial charge is 0.159 e. The van der Waals surface area contributed by atoms with E-state index in [0.717, 1.165) is 12.1 Å². The summed E-state index contributed by atoms with van der Waals surface area (Å²) in [5.41, 5.74) is 0.340. The third-order valence-electron chi connectivity index (χ3n) is 2.84. The standard InChI is InChI=1S/C13H16F2N4O/c1-19-8-17-13(18-19)4-5-16-7-12(20)9-2-3-10(14)11(15)6-9/h2-3,6,8,12,16,20H,4-5,7H2,1H3. The summed E-state index contributed by atoms with van der Waals surface area (Å²) in [6.45, 7) is 0.836. The quantitative estimate of drug-likeness (QED) is 0.775. The number of aryl methyl sites for hydroxylation is 1. The van der Waals surface area contributed by atoms with Crippen LogP contribution in [0.5, 0.6) is 0 Å². The molecule has 0 aliphatic heterocycles. The molecule has 2 N–H and O–H groups in total. The number of rotatable bonds is 6. The van der Waals surface area contributed by atoms with Gasteiger partial charge >= 0.3 is 0 Å². The summed E-state index contributed by atoms with van der Waals surface area (Å²) in [7, 11) is 1.79. The molecule has 0 fully saturated rings. The van der Waals surface area contributed by atoms with E-state index in [-0.39, 0.29) is 6.54 Å². The minimum absolute atomic E-state index is 0.248. The minimum Gasteiger partial charge on any atom is -0.387 e. The van der Waals surface area contributed by atoms with E-state index in [1.807, 2.05) is 0 Å². The molecule has 0 saturated heterocycles. The van der Waals surface area contributed by atoms with Gasteiger partial charge in [-0.3, -0.25) is 4.68 Å². The highest BCUT2D eigenvalue weighted by Gasteiger charge is 2.10. The lowest BCUT2D eigenvalue weighted by molar-refractivity contribution is 0.174. The summed E-state index contributed by atoms with van der Waals surface area (Å²) in [6.07, 6.45) is 1.36. The van der Waals surface area contributed by atoms with Gasteiger partial charge in [0.15, 0.2) is 17.5 Å². The lowest BCUT2D eigenvalue weighted by atomic mass is 10.1. The van der Waals surface area contributed by atoms with Crippen molar-refractivity contribution in [2.45, 2.75) is 12.5 Å². The van der Waals surface area contributed by atoms with Crippen LogP contribution in [0.15, 0.2) is 24.5 Å². The number of hydrogen-bond donors (Lipinski definition) is 2. The fraction of sp³-hybridized carbons (Fsp3) is 0.385. The van der Waals surface area contributed by atoms with Crippen molar-refractivity contribution in [1.82, 2.24) is 20.1 Å². The molecule has 1 unspecified atom stereocenters. The highest BCUT2D eigenvalue weighted by atomic mass is 19.2. The van der Waals surface area contributed by atoms with E-state index < -0.39 is 17.7 Å². The van der Waals surface area contributed by atoms with Crippen LogP contribution in [0.3, 0.4) is 0 Å². The van der Waals surface area contributed by atoms with Crippen LogP contribution >= 0.6 is 0 Å². The van der Waals surface area contributed by atoms with Crippen molar-refractivity contribution in [3.8, 4) is 0 Å². The zero-order chi connectivity index (χ0) is 14.5. The summed E-state index contributed by atoms with van der Waals surface area (Å²) in [5, 5.41) is 17.0. The average molecular weight is 282 g/mol. The highest BCUT2D eigenvalue weighted by molar-refractivity contribution is 5.20. The second-order valence-electron chi connectivity index (χ2n) is 4.48. The van der Waals surface area contributed by atoms with Gasteiger partial charge in [-0.25, -0.2) is 13.8 Å². The summed E-state index contributed by atoms with van der Waals surface area (Å²) in [4.78, 5) is 4.07. The van der Waals surface area contributed by atoms with Crippen LogP contribution < -0.4 is 5.32 Å². The minimum atomic E-state index is -0.959. The van der Waals surface area contributed by atoms with Crippen molar-refractivity contribution in [2.75, 3.05) is 13.1 Å². The molecule has 0 bridgehead atoms. The van der Waals surface area contributed by atoms with E-state index in [9.17, 15) is 13.9 Å². The molecular formula is C13H16F2N4O. The van der Waals surface area contributed by atoms with Crippen LogP contribution in [0.1, 0.15) is 17.5 Å². The van der Waals surface area contributed by atoms with Gasteiger partial charge in [-0.1, -0.05) is 6.07 Å². The largest absolute Gasteiger partial charge is 0.387 e. The van der Waals surface area contributed by atoms with Crippen LogP contribution in [0.4, 0.5) is 8.78 Å². The van der Waals surface area contributed by atoms with Crippen LogP contribution in [0.25, 0.3) is 0 Å². The lowest BCUT2D eigenvalue weighted by Gasteiger charge is -2.12. The van der Waals surface area contributed by atoms with Gasteiger partial charge in [0.25, 0.3) is 0 Å². The first kappa shape index (κ1) is 14.5. The summed E-state index contributed by atoms with van der Waals surface area (Å²) in [6, 6.07) is 3.37. The molecule has 5 nitrogen and oxygen atoms in total. The molecule has 2 aromatic rings. The van der Waals surface area contributed by atoms with Gasteiger partial charge < -0.3 is 10.4 Å². The molecule has 1 aromatic heterocycles. The Labute approximate surface area is 115 Å². The molecule has 0 radical (unpaired) electrons. The molecular weight excluding hydrogens is 266 g/mol. The number of aromatic nitrogens is 3. The molecule has 2 rings (SSSR count). The van der Waals surface area contributed by atoms with E-state index in [1.54, 1.807) is 18.1 Å². The van der Waals surface area contributed by atoms with Crippen LogP contribution in [0, 0.1) is 11.6 Å². The molecule has 108 valence electrons. The molecule has 0 aliphatic rings. The summed E-state index contributed by atoms with van der Waals surface area (Å²) in [5.74, 6) is -1.17. The van der Waals surface area contributed by atoms with E-state index >= 15 is 0 Å². The Kier molecular flexibility index (Phi) is 4.75. The summed E-state index contributed by atoms with van der Waals surface area (Å²) < 4.78 is 27.4. The van der Waals surface area contributed by atoms with Gasteiger partial charge in [0, 0.05) is 26.6 Å². The Morgan fingerprint density at radius 3 is 2.80 bits per heavy atom. The number of nitrogens with one attached hydrogen (secondary N) is 1. The fourth-order valence-corrected chi connectivity index (χ4v) is 1.77.